The van der Waals surface area contributed by atoms with Crippen LogP contribution in [0.15, 0.2) is 0 Å². The van der Waals surface area contributed by atoms with E-state index < -0.39 is 41.0 Å². The number of carboxylic acids is 1. The van der Waals surface area contributed by atoms with Gasteiger partial charge in [-0.15, -0.1) is 0 Å². The van der Waals surface area contributed by atoms with Gasteiger partial charge in [0.25, 0.3) is 0 Å². The molecule has 0 amide bonds. The third kappa shape index (κ3) is 7.13. The van der Waals surface area contributed by atoms with Crippen molar-refractivity contribution < 1.29 is 36.2 Å². The Morgan fingerprint density at radius 1 is 1.41 bits per heavy atom. The molecular weight excluding hydrogens is 267 g/mol. The van der Waals surface area contributed by atoms with Crippen LogP contribution in [0.5, 0.6) is 0 Å². The van der Waals surface area contributed by atoms with Gasteiger partial charge in [0.05, 0.1) is 12.4 Å². The zero-order valence-electron chi connectivity index (χ0n) is 8.90. The Hall–Kier alpha value is -0.870. The molecule has 0 spiro atoms. The second-order valence-electron chi connectivity index (χ2n) is 3.09. The maximum absolute atomic E-state index is 12.1. The van der Waals surface area contributed by atoms with Crippen molar-refractivity contribution in [2.45, 2.75) is 6.18 Å². The summed E-state index contributed by atoms with van der Waals surface area (Å²) in [7, 11) is -3.12. The quantitative estimate of drug-likeness (QED) is 0.704. The van der Waals surface area contributed by atoms with E-state index in [9.17, 15) is 26.4 Å². The Balaban J connectivity index is 4.84. The highest BCUT2D eigenvalue weighted by molar-refractivity contribution is 7.89. The first-order chi connectivity index (χ1) is 7.58. The zero-order valence-corrected chi connectivity index (χ0v) is 9.71. The second kappa shape index (κ2) is 6.17. The molecule has 0 aliphatic rings. The highest BCUT2D eigenvalue weighted by Gasteiger charge is 2.37. The van der Waals surface area contributed by atoms with Gasteiger partial charge in [-0.3, -0.25) is 4.79 Å². The molecule has 0 rings (SSSR count). The molecule has 0 radical (unpaired) electrons. The van der Waals surface area contributed by atoms with Gasteiger partial charge < -0.3 is 9.84 Å². The van der Waals surface area contributed by atoms with Crippen LogP contribution in [0.1, 0.15) is 0 Å². The summed E-state index contributed by atoms with van der Waals surface area (Å²) < 4.78 is 63.3. The Morgan fingerprint density at radius 2 is 1.94 bits per heavy atom. The number of sulfonamides is 1. The van der Waals surface area contributed by atoms with Crippen LogP contribution in [-0.2, 0) is 19.6 Å². The molecule has 10 heteroatoms. The molecular formula is C7H12F3NO5S. The van der Waals surface area contributed by atoms with Gasteiger partial charge in [-0.2, -0.15) is 17.5 Å². The van der Waals surface area contributed by atoms with Crippen molar-refractivity contribution >= 4 is 16.0 Å². The molecule has 0 bridgehead atoms. The van der Waals surface area contributed by atoms with Crippen LogP contribution in [0.3, 0.4) is 0 Å². The highest BCUT2D eigenvalue weighted by Crippen LogP contribution is 2.18. The van der Waals surface area contributed by atoms with Crippen molar-refractivity contribution in [3.05, 3.63) is 0 Å². The Morgan fingerprint density at radius 3 is 2.29 bits per heavy atom. The number of hydrogen-bond donors (Lipinski definition) is 1. The Bertz CT molecular complexity index is 353. The van der Waals surface area contributed by atoms with Crippen LogP contribution in [-0.4, -0.2) is 62.5 Å². The standard InChI is InChI=1S/C7H12F3NO5S/c1-16-2-3-17(14,15)11(4-6(12)13)5-7(8,9)10/h2-5H2,1H3,(H,12,13). The van der Waals surface area contributed by atoms with Gasteiger partial charge in [0, 0.05) is 7.11 Å². The Labute approximate surface area is 96.0 Å². The van der Waals surface area contributed by atoms with Gasteiger partial charge in [0.2, 0.25) is 10.0 Å². The lowest BCUT2D eigenvalue weighted by Crippen LogP contribution is -2.43. The number of halogens is 3. The van der Waals surface area contributed by atoms with Gasteiger partial charge in [-0.05, 0) is 0 Å². The van der Waals surface area contributed by atoms with Crippen LogP contribution in [0, 0.1) is 0 Å². The number of hydrogen-bond acceptors (Lipinski definition) is 4. The second-order valence-corrected chi connectivity index (χ2v) is 5.17. The molecule has 1 N–H and O–H groups in total. The fraction of sp³-hybridized carbons (Fsp3) is 0.857. The van der Waals surface area contributed by atoms with Gasteiger partial charge in [0.1, 0.15) is 13.1 Å². The smallest absolute Gasteiger partial charge is 0.402 e. The number of methoxy groups -OCH3 is 1. The van der Waals surface area contributed by atoms with Crippen molar-refractivity contribution in [1.29, 1.82) is 0 Å². The number of rotatable bonds is 7. The topological polar surface area (TPSA) is 83.9 Å². The fourth-order valence-electron chi connectivity index (χ4n) is 0.921. The van der Waals surface area contributed by atoms with E-state index in [0.29, 0.717) is 0 Å². The van der Waals surface area contributed by atoms with E-state index in [4.69, 9.17) is 5.11 Å². The number of nitrogens with zero attached hydrogens (tertiary/aromatic N) is 1. The predicted molar refractivity (Wildman–Crippen MR) is 50.9 cm³/mol. The summed E-state index contributed by atoms with van der Waals surface area (Å²) in [6.07, 6.45) is -4.80. The van der Waals surface area contributed by atoms with Crippen molar-refractivity contribution in [3.8, 4) is 0 Å². The number of carboxylic acid groups (broad SMARTS) is 1. The average Bonchev–Trinajstić information content (AvgIpc) is 2.11. The molecule has 0 aromatic rings. The summed E-state index contributed by atoms with van der Waals surface area (Å²) in [5.41, 5.74) is 0. The molecule has 0 aromatic carbocycles. The SMILES string of the molecule is COCCS(=O)(=O)N(CC(=O)O)CC(F)(F)F. The molecule has 0 fully saturated rings. The van der Waals surface area contributed by atoms with Crippen LogP contribution < -0.4 is 0 Å². The monoisotopic (exact) mass is 279 g/mol. The van der Waals surface area contributed by atoms with Gasteiger partial charge >= 0.3 is 12.1 Å². The van der Waals surface area contributed by atoms with E-state index >= 15 is 0 Å². The van der Waals surface area contributed by atoms with Crippen molar-refractivity contribution in [1.82, 2.24) is 4.31 Å². The minimum atomic E-state index is -4.80. The van der Waals surface area contributed by atoms with E-state index in [2.05, 4.69) is 4.74 Å². The largest absolute Gasteiger partial charge is 0.480 e. The van der Waals surface area contributed by atoms with E-state index in [1.807, 2.05) is 0 Å². The maximum atomic E-state index is 12.1. The summed E-state index contributed by atoms with van der Waals surface area (Å²) in [6, 6.07) is 0. The third-order valence-corrected chi connectivity index (χ3v) is 3.33. The van der Waals surface area contributed by atoms with E-state index in [1.165, 1.54) is 7.11 Å². The van der Waals surface area contributed by atoms with Crippen LogP contribution in [0.25, 0.3) is 0 Å². The number of alkyl halides is 3. The summed E-state index contributed by atoms with van der Waals surface area (Å²) in [4.78, 5) is 10.3. The molecule has 0 heterocycles. The van der Waals surface area contributed by atoms with Gasteiger partial charge in [-0.1, -0.05) is 0 Å². The molecule has 0 aliphatic carbocycles. The number of aliphatic carboxylic acids is 1. The molecule has 0 saturated heterocycles. The van der Waals surface area contributed by atoms with Crippen LogP contribution >= 0.6 is 0 Å². The molecule has 0 atom stereocenters. The summed E-state index contributed by atoms with van der Waals surface area (Å²) in [5.74, 6) is -2.36. The lowest BCUT2D eigenvalue weighted by atomic mass is 10.6. The zero-order chi connectivity index (χ0) is 13.7. The van der Waals surface area contributed by atoms with Crippen molar-refractivity contribution in [3.63, 3.8) is 0 Å². The molecule has 102 valence electrons. The third-order valence-electron chi connectivity index (χ3n) is 1.61. The lowest BCUT2D eigenvalue weighted by molar-refractivity contribution is -0.146. The summed E-state index contributed by atoms with van der Waals surface area (Å²) in [5, 5.41) is 8.36. The van der Waals surface area contributed by atoms with E-state index in [0.717, 1.165) is 0 Å². The maximum Gasteiger partial charge on any atom is 0.402 e. The predicted octanol–water partition coefficient (Wildman–Crippen LogP) is -0.0885. The molecule has 0 unspecified atom stereocenters. The summed E-state index contributed by atoms with van der Waals surface area (Å²) >= 11 is 0. The molecule has 0 aromatic heterocycles. The Kier molecular flexibility index (Phi) is 5.85. The van der Waals surface area contributed by atoms with Gasteiger partial charge in [-0.25, -0.2) is 8.42 Å². The van der Waals surface area contributed by atoms with E-state index in [-0.39, 0.29) is 10.9 Å². The number of ether oxygens (including phenoxy) is 1. The first-order valence-electron chi connectivity index (χ1n) is 4.34. The first-order valence-corrected chi connectivity index (χ1v) is 5.94. The van der Waals surface area contributed by atoms with Crippen molar-refractivity contribution in [2.24, 2.45) is 0 Å². The van der Waals surface area contributed by atoms with Crippen molar-refractivity contribution in [2.75, 3.05) is 32.6 Å². The lowest BCUT2D eigenvalue weighted by Gasteiger charge is -2.21. The fourth-order valence-corrected chi connectivity index (χ4v) is 2.21. The molecule has 0 saturated carbocycles. The molecule has 6 nitrogen and oxygen atoms in total. The van der Waals surface area contributed by atoms with Gasteiger partial charge in [0.15, 0.2) is 0 Å². The highest BCUT2D eigenvalue weighted by atomic mass is 32.2. The first kappa shape index (κ1) is 16.1. The minimum Gasteiger partial charge on any atom is -0.480 e. The normalized spacial score (nSPS) is 13.0. The van der Waals surface area contributed by atoms with Crippen LogP contribution in [0.4, 0.5) is 13.2 Å². The molecule has 0 aliphatic heterocycles. The summed E-state index contributed by atoms with van der Waals surface area (Å²) in [6.45, 7) is -3.37. The van der Waals surface area contributed by atoms with E-state index in [1.54, 1.807) is 0 Å². The molecule has 17 heavy (non-hydrogen) atoms. The number of carbonyl (C=O) groups is 1. The average molecular weight is 279 g/mol. The minimum absolute atomic E-state index is 0.131. The van der Waals surface area contributed by atoms with Crippen LogP contribution in [0.2, 0.25) is 0 Å².